The molecule has 7 rings (SSSR count). The molecule has 1 aliphatic heterocycles. The van der Waals surface area contributed by atoms with E-state index in [4.69, 9.17) is 4.42 Å². The standard InChI is InChI=1S/C32H31FN8O4/c33-24-18-23(24)30(43)35-22-6-7-27-25(17-22)36-31(45-27)21-8-11-34-26(16-21)32(44)40-12-9-20(10-13-40)28(19-4-2-1-3-5-19)29-37-39-41(38-29)14-15-42/h1-8,11,16-17,20,23-24,28,42H,9-10,12-15,18H2,(H,35,43)/t23-,24+,28+/m1/s1. The normalized spacial score (nSPS) is 19.0. The number of likely N-dealkylation sites (tertiary alicyclic amines) is 1. The van der Waals surface area contributed by atoms with Gasteiger partial charge in [0.2, 0.25) is 11.8 Å². The lowest BCUT2D eigenvalue weighted by Crippen LogP contribution is -2.40. The topological polar surface area (TPSA) is 152 Å². The highest BCUT2D eigenvalue weighted by Crippen LogP contribution is 2.37. The molecule has 45 heavy (non-hydrogen) atoms. The van der Waals surface area contributed by atoms with E-state index in [-0.39, 0.29) is 43.2 Å². The Morgan fingerprint density at radius 2 is 1.89 bits per heavy atom. The van der Waals surface area contributed by atoms with Crippen molar-refractivity contribution in [3.05, 3.63) is 83.9 Å². The van der Waals surface area contributed by atoms with Crippen LogP contribution in [0.15, 0.2) is 71.3 Å². The number of nitrogens with one attached hydrogen (secondary N) is 1. The number of pyridine rings is 1. The zero-order valence-electron chi connectivity index (χ0n) is 24.3. The number of aliphatic hydroxyl groups excluding tert-OH is 1. The van der Waals surface area contributed by atoms with Gasteiger partial charge in [-0.2, -0.15) is 4.80 Å². The summed E-state index contributed by atoms with van der Waals surface area (Å²) in [6, 6.07) is 18.5. The Labute approximate surface area is 257 Å². The van der Waals surface area contributed by atoms with Crippen LogP contribution in [-0.2, 0) is 11.3 Å². The number of alkyl halides is 1. The first-order valence-electron chi connectivity index (χ1n) is 15.0. The molecular formula is C32H31FN8O4. The predicted octanol–water partition coefficient (Wildman–Crippen LogP) is 3.85. The number of tetrazole rings is 1. The second-order valence-corrected chi connectivity index (χ2v) is 11.5. The van der Waals surface area contributed by atoms with E-state index in [0.717, 1.165) is 18.4 Å². The van der Waals surface area contributed by atoms with E-state index in [1.54, 1.807) is 36.5 Å². The molecule has 12 nitrogen and oxygen atoms in total. The molecular weight excluding hydrogens is 579 g/mol. The second-order valence-electron chi connectivity index (χ2n) is 11.5. The maximum atomic E-state index is 13.6. The van der Waals surface area contributed by atoms with Crippen molar-refractivity contribution in [3.8, 4) is 11.5 Å². The maximum absolute atomic E-state index is 13.6. The first kappa shape index (κ1) is 28.7. The highest BCUT2D eigenvalue weighted by atomic mass is 19.1. The van der Waals surface area contributed by atoms with Crippen LogP contribution in [0.5, 0.6) is 0 Å². The minimum Gasteiger partial charge on any atom is -0.436 e. The monoisotopic (exact) mass is 610 g/mol. The number of fused-ring (bicyclic) bond motifs is 1. The molecule has 1 aliphatic carbocycles. The van der Waals surface area contributed by atoms with Gasteiger partial charge in [-0.05, 0) is 66.3 Å². The predicted molar refractivity (Wildman–Crippen MR) is 161 cm³/mol. The fourth-order valence-corrected chi connectivity index (χ4v) is 5.93. The highest BCUT2D eigenvalue weighted by molar-refractivity contribution is 5.96. The summed E-state index contributed by atoms with van der Waals surface area (Å²) < 4.78 is 19.2. The molecule has 2 amide bonds. The van der Waals surface area contributed by atoms with Crippen LogP contribution in [0.3, 0.4) is 0 Å². The van der Waals surface area contributed by atoms with Crippen molar-refractivity contribution in [2.75, 3.05) is 25.0 Å². The van der Waals surface area contributed by atoms with E-state index in [1.165, 1.54) is 4.80 Å². The van der Waals surface area contributed by atoms with Crippen molar-refractivity contribution in [1.82, 2.24) is 35.1 Å². The number of amides is 2. The Morgan fingerprint density at radius 3 is 2.64 bits per heavy atom. The Kier molecular flexibility index (Phi) is 7.76. The van der Waals surface area contributed by atoms with Gasteiger partial charge in [-0.25, -0.2) is 9.37 Å². The van der Waals surface area contributed by atoms with Gasteiger partial charge in [-0.3, -0.25) is 14.6 Å². The molecule has 1 saturated heterocycles. The number of aliphatic hydroxyl groups is 1. The number of carbonyl (C=O) groups is 2. The van der Waals surface area contributed by atoms with Crippen molar-refractivity contribution in [1.29, 1.82) is 0 Å². The first-order valence-corrected chi connectivity index (χ1v) is 15.0. The van der Waals surface area contributed by atoms with Crippen molar-refractivity contribution in [2.45, 2.75) is 37.9 Å². The molecule has 0 unspecified atom stereocenters. The van der Waals surface area contributed by atoms with Crippen LogP contribution in [0.4, 0.5) is 10.1 Å². The Bertz CT molecular complexity index is 1840. The molecule has 0 spiro atoms. The summed E-state index contributed by atoms with van der Waals surface area (Å²) in [5.41, 5.74) is 3.54. The number of hydrogen-bond acceptors (Lipinski definition) is 9. The van der Waals surface area contributed by atoms with Gasteiger partial charge >= 0.3 is 0 Å². The lowest BCUT2D eigenvalue weighted by molar-refractivity contribution is -0.117. The number of rotatable bonds is 9. The zero-order valence-corrected chi connectivity index (χ0v) is 24.3. The van der Waals surface area contributed by atoms with Crippen LogP contribution in [0.2, 0.25) is 0 Å². The lowest BCUT2D eigenvalue weighted by atomic mass is 9.79. The van der Waals surface area contributed by atoms with Crippen LogP contribution in [-0.4, -0.2) is 77.9 Å². The average molecular weight is 611 g/mol. The number of nitrogens with zero attached hydrogens (tertiary/aromatic N) is 7. The molecule has 1 saturated carbocycles. The van der Waals surface area contributed by atoms with E-state index in [0.29, 0.717) is 52.8 Å². The molecule has 0 bridgehead atoms. The van der Waals surface area contributed by atoms with E-state index in [1.807, 2.05) is 23.1 Å². The third kappa shape index (κ3) is 6.03. The van der Waals surface area contributed by atoms with Crippen molar-refractivity contribution in [3.63, 3.8) is 0 Å². The summed E-state index contributed by atoms with van der Waals surface area (Å²) >= 11 is 0. The molecule has 2 aliphatic rings. The average Bonchev–Trinajstić information content (AvgIpc) is 3.41. The molecule has 2 N–H and O–H groups in total. The molecule has 4 heterocycles. The van der Waals surface area contributed by atoms with E-state index in [2.05, 4.69) is 42.8 Å². The van der Waals surface area contributed by atoms with Gasteiger partial charge in [0.05, 0.1) is 25.0 Å². The van der Waals surface area contributed by atoms with Crippen LogP contribution in [0.25, 0.3) is 22.6 Å². The third-order valence-corrected chi connectivity index (χ3v) is 8.43. The SMILES string of the molecule is O=C(Nc1ccc2oc(-c3ccnc(C(=O)N4CCC([C@H](c5ccccc5)c5nnn(CCO)n5)CC4)c3)nc2c1)[C@@H]1C[C@@H]1F. The summed E-state index contributed by atoms with van der Waals surface area (Å²) in [5, 5.41) is 25.0. The zero-order chi connectivity index (χ0) is 30.9. The fourth-order valence-electron chi connectivity index (χ4n) is 5.93. The molecule has 230 valence electrons. The van der Waals surface area contributed by atoms with E-state index in [9.17, 15) is 19.1 Å². The number of piperidine rings is 1. The van der Waals surface area contributed by atoms with Crippen molar-refractivity contribution in [2.24, 2.45) is 11.8 Å². The number of halogens is 1. The number of carbonyl (C=O) groups excluding carboxylic acids is 2. The first-order chi connectivity index (χ1) is 22.0. The maximum Gasteiger partial charge on any atom is 0.272 e. The second kappa shape index (κ2) is 12.2. The van der Waals surface area contributed by atoms with Gasteiger partial charge in [0.25, 0.3) is 5.91 Å². The summed E-state index contributed by atoms with van der Waals surface area (Å²) in [6.07, 6.45) is 2.24. The van der Waals surface area contributed by atoms with Gasteiger partial charge in [0.1, 0.15) is 17.4 Å². The quantitative estimate of drug-likeness (QED) is 0.253. The molecule has 0 radical (unpaired) electrons. The minimum atomic E-state index is -1.07. The van der Waals surface area contributed by atoms with Crippen LogP contribution in [0, 0.1) is 11.8 Å². The Morgan fingerprint density at radius 1 is 1.09 bits per heavy atom. The highest BCUT2D eigenvalue weighted by Gasteiger charge is 2.43. The summed E-state index contributed by atoms with van der Waals surface area (Å²) in [7, 11) is 0. The van der Waals surface area contributed by atoms with Crippen LogP contribution >= 0.6 is 0 Å². The van der Waals surface area contributed by atoms with Gasteiger partial charge in [0, 0.05) is 30.5 Å². The van der Waals surface area contributed by atoms with Gasteiger partial charge < -0.3 is 19.7 Å². The summed E-state index contributed by atoms with van der Waals surface area (Å²) in [5.74, 6) is -0.0656. The number of aromatic nitrogens is 6. The molecule has 13 heteroatoms. The minimum absolute atomic E-state index is 0.0716. The van der Waals surface area contributed by atoms with Crippen LogP contribution in [0.1, 0.15) is 47.1 Å². The smallest absolute Gasteiger partial charge is 0.272 e. The third-order valence-electron chi connectivity index (χ3n) is 8.43. The van der Waals surface area contributed by atoms with E-state index < -0.39 is 12.1 Å². The van der Waals surface area contributed by atoms with Crippen molar-refractivity contribution >= 4 is 28.6 Å². The number of anilines is 1. The number of hydrogen-bond donors (Lipinski definition) is 2. The Hall–Kier alpha value is -5.04. The largest absolute Gasteiger partial charge is 0.436 e. The number of oxazole rings is 1. The van der Waals surface area contributed by atoms with E-state index >= 15 is 0 Å². The van der Waals surface area contributed by atoms with Gasteiger partial charge in [0.15, 0.2) is 11.4 Å². The lowest BCUT2D eigenvalue weighted by Gasteiger charge is -2.35. The van der Waals surface area contributed by atoms with Gasteiger partial charge in [-0.1, -0.05) is 30.3 Å². The molecule has 2 fully saturated rings. The molecule has 2 aromatic carbocycles. The Balaban J connectivity index is 1.04. The summed E-state index contributed by atoms with van der Waals surface area (Å²) in [6.45, 7) is 1.30. The molecule has 5 aromatic rings. The molecule has 3 aromatic heterocycles. The van der Waals surface area contributed by atoms with Crippen LogP contribution < -0.4 is 5.32 Å². The van der Waals surface area contributed by atoms with Crippen molar-refractivity contribution < 1.29 is 23.5 Å². The fraction of sp³-hybridized carbons (Fsp3) is 0.344. The molecule has 3 atom stereocenters. The van der Waals surface area contributed by atoms with Gasteiger partial charge in [-0.15, -0.1) is 10.2 Å². The number of benzene rings is 2. The summed E-state index contributed by atoms with van der Waals surface area (Å²) in [4.78, 5) is 37.8.